The van der Waals surface area contributed by atoms with Gasteiger partial charge < -0.3 is 9.80 Å². The second-order valence-electron chi connectivity index (χ2n) is 7.23. The number of aryl methyl sites for hydroxylation is 1. The minimum Gasteiger partial charge on any atom is -0.341 e. The van der Waals surface area contributed by atoms with Crippen molar-refractivity contribution in [2.45, 2.75) is 26.8 Å². The fourth-order valence-corrected chi connectivity index (χ4v) is 3.81. The molecule has 0 radical (unpaired) electrons. The molecule has 0 N–H and O–H groups in total. The molecule has 3 aromatic rings. The van der Waals surface area contributed by atoms with Gasteiger partial charge in [0.2, 0.25) is 0 Å². The maximum absolute atomic E-state index is 12.9. The minimum atomic E-state index is -0.000318. The molecule has 0 unspecified atom stereocenters. The van der Waals surface area contributed by atoms with Gasteiger partial charge in [0.25, 0.3) is 5.91 Å². The number of benzene rings is 2. The quantitative estimate of drug-likeness (QED) is 0.664. The number of hydrogen-bond donors (Lipinski definition) is 0. The third kappa shape index (κ3) is 3.63. The first kappa shape index (κ1) is 18.2. The van der Waals surface area contributed by atoms with E-state index in [-0.39, 0.29) is 5.91 Å². The first-order chi connectivity index (χ1) is 13.7. The molecule has 0 aliphatic carbocycles. The average molecular weight is 371 g/mol. The monoisotopic (exact) mass is 371 g/mol. The third-order valence-corrected chi connectivity index (χ3v) is 5.33. The van der Waals surface area contributed by atoms with E-state index in [1.165, 1.54) is 16.7 Å². The lowest BCUT2D eigenvalue weighted by molar-refractivity contribution is 0.0729. The Labute approximate surface area is 166 Å². The Kier molecular flexibility index (Phi) is 5.11. The molecule has 1 aliphatic rings. The molecule has 0 fully saturated rings. The molecule has 1 amide bonds. The van der Waals surface area contributed by atoms with Gasteiger partial charge in [0.15, 0.2) is 0 Å². The van der Waals surface area contributed by atoms with E-state index in [0.29, 0.717) is 12.2 Å². The highest BCUT2D eigenvalue weighted by Crippen LogP contribution is 2.26. The highest BCUT2D eigenvalue weighted by atomic mass is 16.2. The van der Waals surface area contributed by atoms with Crippen LogP contribution in [0.5, 0.6) is 0 Å². The molecule has 28 heavy (non-hydrogen) atoms. The Morgan fingerprint density at radius 2 is 1.86 bits per heavy atom. The fraction of sp³-hybridized carbons (Fsp3) is 0.250. The van der Waals surface area contributed by atoms with Crippen molar-refractivity contribution < 1.29 is 4.79 Å². The Balaban J connectivity index is 1.52. The molecule has 1 aliphatic heterocycles. The van der Waals surface area contributed by atoms with Gasteiger partial charge in [-0.25, -0.2) is 4.98 Å². The summed E-state index contributed by atoms with van der Waals surface area (Å²) in [6.07, 6.45) is 2.70. The molecule has 4 nitrogen and oxygen atoms in total. The maximum Gasteiger partial charge on any atom is 0.272 e. The standard InChI is InChI=1S/C24H25N3O/c1-3-27(21-10-6-7-18(2)15-21)22-11-12-23(25-16-22)24(28)26-14-13-19-8-4-5-9-20(19)17-26/h4-12,15-16H,3,13-14,17H2,1-2H3. The molecule has 4 heteroatoms. The van der Waals surface area contributed by atoms with Gasteiger partial charge >= 0.3 is 0 Å². The molecule has 1 aromatic heterocycles. The van der Waals surface area contributed by atoms with Crippen LogP contribution in [0.3, 0.4) is 0 Å². The van der Waals surface area contributed by atoms with E-state index in [1.54, 1.807) is 6.20 Å². The van der Waals surface area contributed by atoms with E-state index >= 15 is 0 Å². The van der Waals surface area contributed by atoms with E-state index < -0.39 is 0 Å². The molecule has 0 bridgehead atoms. The summed E-state index contributed by atoms with van der Waals surface area (Å²) in [6, 6.07) is 20.6. The first-order valence-corrected chi connectivity index (χ1v) is 9.82. The molecule has 2 heterocycles. The van der Waals surface area contributed by atoms with Crippen molar-refractivity contribution in [3.8, 4) is 0 Å². The van der Waals surface area contributed by atoms with E-state index in [4.69, 9.17) is 0 Å². The normalized spacial score (nSPS) is 13.1. The van der Waals surface area contributed by atoms with E-state index in [0.717, 1.165) is 30.9 Å². The Bertz CT molecular complexity index is 981. The van der Waals surface area contributed by atoms with Crippen LogP contribution >= 0.6 is 0 Å². The highest BCUT2D eigenvalue weighted by molar-refractivity contribution is 5.92. The number of anilines is 2. The van der Waals surface area contributed by atoms with Crippen molar-refractivity contribution in [1.82, 2.24) is 9.88 Å². The van der Waals surface area contributed by atoms with Crippen LogP contribution in [0.4, 0.5) is 11.4 Å². The summed E-state index contributed by atoms with van der Waals surface area (Å²) in [5.74, 6) is -0.000318. The zero-order chi connectivity index (χ0) is 19.5. The number of fused-ring (bicyclic) bond motifs is 1. The number of hydrogen-bond acceptors (Lipinski definition) is 3. The van der Waals surface area contributed by atoms with Crippen molar-refractivity contribution in [3.05, 3.63) is 89.2 Å². The lowest BCUT2D eigenvalue weighted by atomic mass is 10.00. The smallest absolute Gasteiger partial charge is 0.272 e. The zero-order valence-electron chi connectivity index (χ0n) is 16.4. The zero-order valence-corrected chi connectivity index (χ0v) is 16.4. The van der Waals surface area contributed by atoms with Crippen LogP contribution in [0.15, 0.2) is 66.9 Å². The molecular formula is C24H25N3O. The Morgan fingerprint density at radius 3 is 2.57 bits per heavy atom. The van der Waals surface area contributed by atoms with Gasteiger partial charge in [0, 0.05) is 25.3 Å². The topological polar surface area (TPSA) is 36.4 Å². The molecule has 0 saturated heterocycles. The van der Waals surface area contributed by atoms with Gasteiger partial charge in [0.05, 0.1) is 11.9 Å². The molecular weight excluding hydrogens is 346 g/mol. The predicted octanol–water partition coefficient (Wildman–Crippen LogP) is 4.75. The highest BCUT2D eigenvalue weighted by Gasteiger charge is 2.22. The minimum absolute atomic E-state index is 0.000318. The molecule has 142 valence electrons. The molecule has 0 atom stereocenters. The van der Waals surface area contributed by atoms with Crippen LogP contribution in [-0.4, -0.2) is 28.9 Å². The number of carbonyl (C=O) groups is 1. The number of amides is 1. The third-order valence-electron chi connectivity index (χ3n) is 5.33. The average Bonchev–Trinajstić information content (AvgIpc) is 2.74. The molecule has 2 aromatic carbocycles. The van der Waals surface area contributed by atoms with Crippen molar-refractivity contribution >= 4 is 17.3 Å². The van der Waals surface area contributed by atoms with Crippen molar-refractivity contribution in [1.29, 1.82) is 0 Å². The lowest BCUT2D eigenvalue weighted by Gasteiger charge is -2.29. The maximum atomic E-state index is 12.9. The number of pyridine rings is 1. The van der Waals surface area contributed by atoms with Crippen LogP contribution in [0, 0.1) is 6.92 Å². The van der Waals surface area contributed by atoms with Crippen molar-refractivity contribution in [2.75, 3.05) is 18.0 Å². The lowest BCUT2D eigenvalue weighted by Crippen LogP contribution is -2.36. The van der Waals surface area contributed by atoms with Crippen molar-refractivity contribution in [3.63, 3.8) is 0 Å². The number of carbonyl (C=O) groups excluding carboxylic acids is 1. The number of rotatable bonds is 4. The first-order valence-electron chi connectivity index (χ1n) is 9.82. The molecule has 4 rings (SSSR count). The van der Waals surface area contributed by atoms with Crippen molar-refractivity contribution in [2.24, 2.45) is 0 Å². The Hall–Kier alpha value is -3.14. The summed E-state index contributed by atoms with van der Waals surface area (Å²) in [7, 11) is 0. The summed E-state index contributed by atoms with van der Waals surface area (Å²) < 4.78 is 0. The SMILES string of the molecule is CCN(c1ccc(C(=O)N2CCc3ccccc3C2)nc1)c1cccc(C)c1. The van der Waals surface area contributed by atoms with Gasteiger partial charge in [0.1, 0.15) is 5.69 Å². The van der Waals surface area contributed by atoms with Crippen LogP contribution < -0.4 is 4.90 Å². The van der Waals surface area contributed by atoms with Crippen LogP contribution in [-0.2, 0) is 13.0 Å². The summed E-state index contributed by atoms with van der Waals surface area (Å²) in [4.78, 5) is 21.5. The summed E-state index contributed by atoms with van der Waals surface area (Å²) in [6.45, 7) is 6.44. The van der Waals surface area contributed by atoms with Crippen LogP contribution in [0.1, 0.15) is 34.1 Å². The fourth-order valence-electron chi connectivity index (χ4n) is 3.81. The second-order valence-corrected chi connectivity index (χ2v) is 7.23. The van der Waals surface area contributed by atoms with Gasteiger partial charge in [-0.3, -0.25) is 4.79 Å². The summed E-state index contributed by atoms with van der Waals surface area (Å²) >= 11 is 0. The predicted molar refractivity (Wildman–Crippen MR) is 113 cm³/mol. The number of nitrogens with zero attached hydrogens (tertiary/aromatic N) is 3. The van der Waals surface area contributed by atoms with Crippen LogP contribution in [0.25, 0.3) is 0 Å². The van der Waals surface area contributed by atoms with Gasteiger partial charge in [-0.2, -0.15) is 0 Å². The Morgan fingerprint density at radius 1 is 1.04 bits per heavy atom. The van der Waals surface area contributed by atoms with E-state index in [9.17, 15) is 4.79 Å². The van der Waals surface area contributed by atoms with E-state index in [1.807, 2.05) is 23.1 Å². The van der Waals surface area contributed by atoms with Gasteiger partial charge in [-0.05, 0) is 61.2 Å². The van der Waals surface area contributed by atoms with E-state index in [2.05, 4.69) is 66.2 Å². The molecule has 0 spiro atoms. The van der Waals surface area contributed by atoms with Gasteiger partial charge in [-0.15, -0.1) is 0 Å². The summed E-state index contributed by atoms with van der Waals surface area (Å²) in [5.41, 5.74) is 6.43. The van der Waals surface area contributed by atoms with Gasteiger partial charge in [-0.1, -0.05) is 36.4 Å². The second kappa shape index (κ2) is 7.85. The largest absolute Gasteiger partial charge is 0.341 e. The van der Waals surface area contributed by atoms with Crippen LogP contribution in [0.2, 0.25) is 0 Å². The molecule has 0 saturated carbocycles. The summed E-state index contributed by atoms with van der Waals surface area (Å²) in [5, 5.41) is 0. The number of aromatic nitrogens is 1.